The molecular formula is C16H20NO2PS. The predicted octanol–water partition coefficient (Wildman–Crippen LogP) is 4.21. The molecule has 0 radical (unpaired) electrons. The summed E-state index contributed by atoms with van der Waals surface area (Å²) in [5.74, 6) is 0. The lowest BCUT2D eigenvalue weighted by molar-refractivity contribution is 0.256. The molecule has 0 spiro atoms. The molecule has 0 amide bonds. The topological polar surface area (TPSA) is 21.7 Å². The molecule has 0 aliphatic carbocycles. The Bertz CT molecular complexity index is 542. The van der Waals surface area contributed by atoms with E-state index in [2.05, 4.69) is 28.9 Å². The molecule has 0 fully saturated rings. The van der Waals surface area contributed by atoms with E-state index in [1.54, 1.807) is 14.2 Å². The number of rotatable bonds is 7. The van der Waals surface area contributed by atoms with E-state index in [1.165, 1.54) is 11.1 Å². The standard InChI is InChI=1S/C16H20NO2PS/c1-18-20(21,19-2)17(13-15-9-5-3-6-10-15)14-16-11-7-4-8-12-16/h3-12H,13-14H2,1-2H3. The van der Waals surface area contributed by atoms with Crippen LogP contribution < -0.4 is 0 Å². The third-order valence-corrected chi connectivity index (χ3v) is 6.71. The largest absolute Gasteiger partial charge is 0.321 e. The molecule has 2 aromatic carbocycles. The molecule has 0 aliphatic heterocycles. The van der Waals surface area contributed by atoms with Gasteiger partial charge in [0.15, 0.2) is 0 Å². The maximum absolute atomic E-state index is 5.62. The van der Waals surface area contributed by atoms with Crippen LogP contribution in [0.3, 0.4) is 0 Å². The number of hydrogen-bond acceptors (Lipinski definition) is 3. The van der Waals surface area contributed by atoms with Crippen molar-refractivity contribution < 1.29 is 9.05 Å². The predicted molar refractivity (Wildman–Crippen MR) is 90.4 cm³/mol. The van der Waals surface area contributed by atoms with Gasteiger partial charge < -0.3 is 9.05 Å². The molecule has 0 aliphatic rings. The lowest BCUT2D eigenvalue weighted by atomic mass is 10.2. The molecule has 112 valence electrons. The lowest BCUT2D eigenvalue weighted by Crippen LogP contribution is -2.21. The second kappa shape index (κ2) is 7.83. The summed E-state index contributed by atoms with van der Waals surface area (Å²) in [6.45, 7) is -1.05. The fourth-order valence-corrected chi connectivity index (χ4v) is 3.75. The van der Waals surface area contributed by atoms with E-state index in [4.69, 9.17) is 20.9 Å². The Kier molecular flexibility index (Phi) is 6.09. The smallest absolute Gasteiger partial charge is 0.264 e. The number of nitrogens with zero attached hydrogens (tertiary/aromatic N) is 1. The zero-order valence-corrected chi connectivity index (χ0v) is 14.0. The third kappa shape index (κ3) is 4.47. The van der Waals surface area contributed by atoms with Crippen LogP contribution in [0.5, 0.6) is 0 Å². The molecule has 2 rings (SSSR count). The summed E-state index contributed by atoms with van der Waals surface area (Å²) < 4.78 is 13.2. The van der Waals surface area contributed by atoms with Crippen LogP contribution in [0.1, 0.15) is 11.1 Å². The highest BCUT2D eigenvalue weighted by atomic mass is 32.5. The first kappa shape index (κ1) is 16.3. The average Bonchev–Trinajstić information content (AvgIpc) is 2.55. The van der Waals surface area contributed by atoms with Crippen molar-refractivity contribution in [2.45, 2.75) is 13.1 Å². The first-order valence-corrected chi connectivity index (χ1v) is 9.32. The van der Waals surface area contributed by atoms with Gasteiger partial charge in [-0.15, -0.1) is 0 Å². The average molecular weight is 321 g/mol. The lowest BCUT2D eigenvalue weighted by Gasteiger charge is -2.31. The fraction of sp³-hybridized carbons (Fsp3) is 0.250. The summed E-state index contributed by atoms with van der Waals surface area (Å²) in [5.41, 5.74) is 2.38. The molecule has 0 saturated heterocycles. The SMILES string of the molecule is COP(=S)(OC)N(Cc1ccccc1)Cc1ccccc1. The van der Waals surface area contributed by atoms with E-state index in [0.29, 0.717) is 13.1 Å². The highest BCUT2D eigenvalue weighted by molar-refractivity contribution is 8.08. The third-order valence-electron chi connectivity index (χ3n) is 3.22. The maximum atomic E-state index is 5.62. The fourth-order valence-electron chi connectivity index (χ4n) is 2.12. The highest BCUT2D eigenvalue weighted by Crippen LogP contribution is 2.52. The minimum Gasteiger partial charge on any atom is -0.321 e. The van der Waals surface area contributed by atoms with Gasteiger partial charge in [0.05, 0.1) is 0 Å². The molecule has 0 atom stereocenters. The quantitative estimate of drug-likeness (QED) is 0.712. The molecule has 0 unspecified atom stereocenters. The minimum absolute atomic E-state index is 0.703. The van der Waals surface area contributed by atoms with E-state index < -0.39 is 6.64 Å². The van der Waals surface area contributed by atoms with Crippen LogP contribution in [0.2, 0.25) is 0 Å². The van der Waals surface area contributed by atoms with Gasteiger partial charge in [0.1, 0.15) is 0 Å². The van der Waals surface area contributed by atoms with Crippen molar-refractivity contribution in [1.29, 1.82) is 0 Å². The molecule has 0 aromatic heterocycles. The van der Waals surface area contributed by atoms with Crippen LogP contribution in [0.25, 0.3) is 0 Å². The van der Waals surface area contributed by atoms with E-state index in [0.717, 1.165) is 0 Å². The molecular weight excluding hydrogens is 301 g/mol. The molecule has 0 N–H and O–H groups in total. The van der Waals surface area contributed by atoms with Gasteiger partial charge in [-0.3, -0.25) is 0 Å². The van der Waals surface area contributed by atoms with E-state index >= 15 is 0 Å². The van der Waals surface area contributed by atoms with Crippen LogP contribution in [0.15, 0.2) is 60.7 Å². The first-order valence-electron chi connectivity index (χ1n) is 6.73. The minimum atomic E-state index is -2.46. The Morgan fingerprint density at radius 3 is 1.52 bits per heavy atom. The summed E-state index contributed by atoms with van der Waals surface area (Å²) in [6, 6.07) is 20.5. The molecule has 0 saturated carbocycles. The van der Waals surface area contributed by atoms with Crippen LogP contribution in [0.4, 0.5) is 0 Å². The molecule has 5 heteroatoms. The van der Waals surface area contributed by atoms with Crippen molar-refractivity contribution in [3.63, 3.8) is 0 Å². The second-order valence-electron chi connectivity index (χ2n) is 4.63. The van der Waals surface area contributed by atoms with Crippen molar-refractivity contribution >= 4 is 18.4 Å². The van der Waals surface area contributed by atoms with Gasteiger partial charge in [-0.25, -0.2) is 4.67 Å². The Hall–Kier alpha value is -1.03. The van der Waals surface area contributed by atoms with Crippen LogP contribution in [-0.4, -0.2) is 18.9 Å². The Balaban J connectivity index is 2.24. The van der Waals surface area contributed by atoms with Gasteiger partial charge in [-0.1, -0.05) is 60.7 Å². The summed E-state index contributed by atoms with van der Waals surface area (Å²) in [6.07, 6.45) is 0. The molecule has 3 nitrogen and oxygen atoms in total. The van der Waals surface area contributed by atoms with Gasteiger partial charge >= 0.3 is 0 Å². The second-order valence-corrected chi connectivity index (χ2v) is 8.24. The normalized spacial score (nSPS) is 11.8. The van der Waals surface area contributed by atoms with Gasteiger partial charge in [0.2, 0.25) is 0 Å². The zero-order valence-electron chi connectivity index (χ0n) is 12.3. The summed E-state index contributed by atoms with van der Waals surface area (Å²) in [5, 5.41) is 0. The maximum Gasteiger partial charge on any atom is 0.264 e. The van der Waals surface area contributed by atoms with Gasteiger partial charge in [-0.05, 0) is 22.9 Å². The van der Waals surface area contributed by atoms with Gasteiger partial charge in [-0.2, -0.15) is 0 Å². The van der Waals surface area contributed by atoms with Crippen molar-refractivity contribution in [1.82, 2.24) is 4.67 Å². The van der Waals surface area contributed by atoms with E-state index in [-0.39, 0.29) is 0 Å². The van der Waals surface area contributed by atoms with Gasteiger partial charge in [0.25, 0.3) is 6.64 Å². The van der Waals surface area contributed by atoms with Crippen LogP contribution >= 0.6 is 6.64 Å². The Morgan fingerprint density at radius 1 is 0.810 bits per heavy atom. The molecule has 2 aromatic rings. The molecule has 0 heterocycles. The Labute approximate surface area is 131 Å². The zero-order chi connectivity index (χ0) is 15.1. The van der Waals surface area contributed by atoms with Crippen LogP contribution in [0, 0.1) is 0 Å². The highest BCUT2D eigenvalue weighted by Gasteiger charge is 2.26. The van der Waals surface area contributed by atoms with Crippen molar-refractivity contribution in [3.8, 4) is 0 Å². The summed E-state index contributed by atoms with van der Waals surface area (Å²) in [4.78, 5) is 0. The van der Waals surface area contributed by atoms with Crippen LogP contribution in [-0.2, 0) is 33.9 Å². The summed E-state index contributed by atoms with van der Waals surface area (Å²) >= 11 is 5.62. The van der Waals surface area contributed by atoms with Gasteiger partial charge in [0, 0.05) is 27.3 Å². The Morgan fingerprint density at radius 2 is 1.19 bits per heavy atom. The van der Waals surface area contributed by atoms with Crippen molar-refractivity contribution in [2.24, 2.45) is 0 Å². The van der Waals surface area contributed by atoms with Crippen molar-refractivity contribution in [3.05, 3.63) is 71.8 Å². The summed E-state index contributed by atoms with van der Waals surface area (Å²) in [7, 11) is 3.24. The van der Waals surface area contributed by atoms with Crippen molar-refractivity contribution in [2.75, 3.05) is 14.2 Å². The first-order chi connectivity index (χ1) is 10.2. The number of hydrogen-bond donors (Lipinski definition) is 0. The monoisotopic (exact) mass is 321 g/mol. The molecule has 21 heavy (non-hydrogen) atoms. The van der Waals surface area contributed by atoms with E-state index in [9.17, 15) is 0 Å². The van der Waals surface area contributed by atoms with E-state index in [1.807, 2.05) is 36.4 Å². The molecule has 0 bridgehead atoms. The number of benzene rings is 2.